The third-order valence-corrected chi connectivity index (χ3v) is 4.49. The first-order valence-corrected chi connectivity index (χ1v) is 9.03. The number of carbonyl (C=O) groups excluding carboxylic acids is 2. The molecule has 2 amide bonds. The number of rotatable bonds is 6. The van der Waals surface area contributed by atoms with Crippen molar-refractivity contribution in [1.82, 2.24) is 5.43 Å². The van der Waals surface area contributed by atoms with Gasteiger partial charge in [0.25, 0.3) is 0 Å². The van der Waals surface area contributed by atoms with Crippen LogP contribution in [0.2, 0.25) is 0 Å². The van der Waals surface area contributed by atoms with Crippen molar-refractivity contribution in [1.29, 1.82) is 0 Å². The van der Waals surface area contributed by atoms with Crippen LogP contribution in [0, 0.1) is 34.6 Å². The van der Waals surface area contributed by atoms with Crippen LogP contribution >= 0.6 is 0 Å². The van der Waals surface area contributed by atoms with E-state index in [1.165, 1.54) is 11.1 Å². The molecule has 2 rings (SSSR count). The lowest BCUT2D eigenvalue weighted by atomic mass is 10.0. The molecule has 0 aromatic heterocycles. The van der Waals surface area contributed by atoms with Gasteiger partial charge in [0.2, 0.25) is 11.8 Å². The predicted molar refractivity (Wildman–Crippen MR) is 110 cm³/mol. The van der Waals surface area contributed by atoms with Crippen molar-refractivity contribution >= 4 is 23.7 Å². The summed E-state index contributed by atoms with van der Waals surface area (Å²) in [6.07, 6.45) is 1.84. The average Bonchev–Trinajstić information content (AvgIpc) is 2.58. The van der Waals surface area contributed by atoms with Gasteiger partial charge in [-0.15, -0.1) is 0 Å². The molecule has 0 aliphatic rings. The van der Waals surface area contributed by atoms with E-state index < -0.39 is 0 Å². The topological polar surface area (TPSA) is 70.6 Å². The van der Waals surface area contributed by atoms with Gasteiger partial charge in [0.15, 0.2) is 0 Å². The summed E-state index contributed by atoms with van der Waals surface area (Å²) in [7, 11) is 0. The maximum atomic E-state index is 12.0. The average molecular weight is 365 g/mol. The molecule has 0 unspecified atom stereocenters. The standard InChI is InChI=1S/C22H27N3O2/c1-14-10-17(4)20(18(5)11-14)13-23-25-22(27)9-8-21(26)24-19-7-6-15(2)16(3)12-19/h6-7,10-13H,8-9H2,1-5H3,(H,24,26)(H,25,27)/b23-13+. The number of carbonyl (C=O) groups is 2. The zero-order valence-corrected chi connectivity index (χ0v) is 16.6. The molecular formula is C22H27N3O2. The number of anilines is 1. The van der Waals surface area contributed by atoms with Crippen LogP contribution in [0.1, 0.15) is 46.2 Å². The molecule has 2 N–H and O–H groups in total. The zero-order valence-electron chi connectivity index (χ0n) is 16.6. The van der Waals surface area contributed by atoms with Crippen LogP contribution in [0.25, 0.3) is 0 Å². The van der Waals surface area contributed by atoms with Crippen LogP contribution in [-0.4, -0.2) is 18.0 Å². The molecule has 0 atom stereocenters. The Balaban J connectivity index is 1.82. The molecule has 5 heteroatoms. The highest BCUT2D eigenvalue weighted by atomic mass is 16.2. The molecule has 142 valence electrons. The van der Waals surface area contributed by atoms with Gasteiger partial charge in [-0.1, -0.05) is 23.8 Å². The van der Waals surface area contributed by atoms with Gasteiger partial charge >= 0.3 is 0 Å². The minimum absolute atomic E-state index is 0.0832. The van der Waals surface area contributed by atoms with E-state index in [4.69, 9.17) is 0 Å². The number of nitrogens with one attached hydrogen (secondary N) is 2. The first-order chi connectivity index (χ1) is 12.8. The van der Waals surface area contributed by atoms with E-state index >= 15 is 0 Å². The van der Waals surface area contributed by atoms with E-state index in [1.807, 2.05) is 52.8 Å². The fourth-order valence-electron chi connectivity index (χ4n) is 2.89. The van der Waals surface area contributed by atoms with Gasteiger partial charge in [-0.25, -0.2) is 5.43 Å². The lowest BCUT2D eigenvalue weighted by molar-refractivity contribution is -0.124. The fraction of sp³-hybridized carbons (Fsp3) is 0.318. The molecule has 0 saturated heterocycles. The van der Waals surface area contributed by atoms with Gasteiger partial charge in [0.1, 0.15) is 0 Å². The summed E-state index contributed by atoms with van der Waals surface area (Å²) in [5, 5.41) is 6.83. The first-order valence-electron chi connectivity index (χ1n) is 9.03. The Bertz CT molecular complexity index is 862. The number of hydrogen-bond donors (Lipinski definition) is 2. The molecule has 0 aliphatic carbocycles. The van der Waals surface area contributed by atoms with Crippen LogP contribution < -0.4 is 10.7 Å². The van der Waals surface area contributed by atoms with Crippen molar-refractivity contribution in [3.63, 3.8) is 0 Å². The third-order valence-electron chi connectivity index (χ3n) is 4.49. The molecule has 0 fully saturated rings. The largest absolute Gasteiger partial charge is 0.326 e. The monoisotopic (exact) mass is 365 g/mol. The van der Waals surface area contributed by atoms with E-state index in [-0.39, 0.29) is 24.7 Å². The van der Waals surface area contributed by atoms with Gasteiger partial charge in [0, 0.05) is 24.1 Å². The van der Waals surface area contributed by atoms with E-state index in [9.17, 15) is 9.59 Å². The van der Waals surface area contributed by atoms with Crippen LogP contribution in [0.4, 0.5) is 5.69 Å². The Morgan fingerprint density at radius 1 is 0.852 bits per heavy atom. The summed E-state index contributed by atoms with van der Waals surface area (Å²) in [5.41, 5.74) is 9.92. The highest BCUT2D eigenvalue weighted by molar-refractivity contribution is 5.93. The molecule has 0 bridgehead atoms. The second kappa shape index (κ2) is 9.12. The van der Waals surface area contributed by atoms with E-state index in [1.54, 1.807) is 6.21 Å². The van der Waals surface area contributed by atoms with Crippen molar-refractivity contribution in [3.8, 4) is 0 Å². The van der Waals surface area contributed by atoms with Crippen LogP contribution in [0.5, 0.6) is 0 Å². The normalized spacial score (nSPS) is 10.9. The quantitative estimate of drug-likeness (QED) is 0.598. The highest BCUT2D eigenvalue weighted by Gasteiger charge is 2.08. The molecule has 0 heterocycles. The second-order valence-electron chi connectivity index (χ2n) is 6.95. The summed E-state index contributed by atoms with van der Waals surface area (Å²) in [6.45, 7) is 10.1. The van der Waals surface area contributed by atoms with Crippen molar-refractivity contribution in [3.05, 3.63) is 63.7 Å². The zero-order chi connectivity index (χ0) is 20.0. The number of nitrogens with zero attached hydrogens (tertiary/aromatic N) is 1. The minimum atomic E-state index is -0.288. The molecule has 2 aromatic rings. The molecular weight excluding hydrogens is 338 g/mol. The summed E-state index contributed by atoms with van der Waals surface area (Å²) < 4.78 is 0. The smallest absolute Gasteiger partial charge is 0.240 e. The van der Waals surface area contributed by atoms with Crippen LogP contribution in [0.15, 0.2) is 35.4 Å². The highest BCUT2D eigenvalue weighted by Crippen LogP contribution is 2.15. The minimum Gasteiger partial charge on any atom is -0.326 e. The van der Waals surface area contributed by atoms with Crippen molar-refractivity contribution in [2.75, 3.05) is 5.32 Å². The van der Waals surface area contributed by atoms with Crippen molar-refractivity contribution in [2.24, 2.45) is 5.10 Å². The Kier molecular flexibility index (Phi) is 6.88. The molecule has 27 heavy (non-hydrogen) atoms. The van der Waals surface area contributed by atoms with Gasteiger partial charge in [-0.3, -0.25) is 9.59 Å². The molecule has 5 nitrogen and oxygen atoms in total. The van der Waals surface area contributed by atoms with Gasteiger partial charge < -0.3 is 5.32 Å². The van der Waals surface area contributed by atoms with Crippen molar-refractivity contribution in [2.45, 2.75) is 47.5 Å². The number of benzene rings is 2. The van der Waals surface area contributed by atoms with Crippen molar-refractivity contribution < 1.29 is 9.59 Å². The Labute approximate surface area is 160 Å². The van der Waals surface area contributed by atoms with E-state index in [0.717, 1.165) is 27.9 Å². The Hall–Kier alpha value is -2.95. The Morgan fingerprint density at radius 3 is 2.11 bits per heavy atom. The maximum absolute atomic E-state index is 12.0. The summed E-state index contributed by atoms with van der Waals surface area (Å²) in [4.78, 5) is 23.9. The summed E-state index contributed by atoms with van der Waals surface area (Å²) in [5.74, 6) is -0.480. The lowest BCUT2D eigenvalue weighted by Gasteiger charge is -2.08. The molecule has 0 saturated carbocycles. The number of hydrazone groups is 1. The summed E-state index contributed by atoms with van der Waals surface area (Å²) in [6, 6.07) is 9.89. The number of hydrogen-bond acceptors (Lipinski definition) is 3. The molecule has 0 radical (unpaired) electrons. The van der Waals surface area contributed by atoms with Gasteiger partial charge in [-0.2, -0.15) is 5.10 Å². The van der Waals surface area contributed by atoms with E-state index in [0.29, 0.717) is 0 Å². The Morgan fingerprint density at radius 2 is 1.48 bits per heavy atom. The van der Waals surface area contributed by atoms with E-state index in [2.05, 4.69) is 28.0 Å². The molecule has 0 aliphatic heterocycles. The molecule has 0 spiro atoms. The van der Waals surface area contributed by atoms with Gasteiger partial charge in [0.05, 0.1) is 6.21 Å². The SMILES string of the molecule is Cc1cc(C)c(/C=N/NC(=O)CCC(=O)Nc2ccc(C)c(C)c2)c(C)c1. The van der Waals surface area contributed by atoms with Crippen LogP contribution in [-0.2, 0) is 9.59 Å². The van der Waals surface area contributed by atoms with Gasteiger partial charge in [-0.05, 0) is 69.0 Å². The lowest BCUT2D eigenvalue weighted by Crippen LogP contribution is -2.20. The maximum Gasteiger partial charge on any atom is 0.240 e. The van der Waals surface area contributed by atoms with Crippen LogP contribution in [0.3, 0.4) is 0 Å². The number of aryl methyl sites for hydroxylation is 5. The third kappa shape index (κ3) is 6.06. The first kappa shape index (κ1) is 20.4. The number of amides is 2. The fourth-order valence-corrected chi connectivity index (χ4v) is 2.89. The molecule has 2 aromatic carbocycles. The second-order valence-corrected chi connectivity index (χ2v) is 6.95. The predicted octanol–water partition coefficient (Wildman–Crippen LogP) is 4.10. The summed E-state index contributed by atoms with van der Waals surface area (Å²) >= 11 is 0.